The lowest BCUT2D eigenvalue weighted by Crippen LogP contribution is -2.13. The fourth-order valence-corrected chi connectivity index (χ4v) is 2.16. The Hall–Kier alpha value is -1.90. The van der Waals surface area contributed by atoms with Gasteiger partial charge in [0.2, 0.25) is 0 Å². The van der Waals surface area contributed by atoms with Crippen LogP contribution in [0.25, 0.3) is 11.1 Å². The van der Waals surface area contributed by atoms with Crippen LogP contribution < -0.4 is 0 Å². The predicted molar refractivity (Wildman–Crippen MR) is 77.3 cm³/mol. The molecular weight excluding hydrogens is 236 g/mol. The second-order valence-corrected chi connectivity index (χ2v) is 5.95. The zero-order valence-electron chi connectivity index (χ0n) is 12.2. The van der Waals surface area contributed by atoms with Gasteiger partial charge in [-0.05, 0) is 18.6 Å². The molecule has 0 unspecified atom stereocenters. The Morgan fingerprint density at radius 3 is 2.53 bits per heavy atom. The van der Waals surface area contributed by atoms with Gasteiger partial charge in [-0.3, -0.25) is 9.48 Å². The number of rotatable bonds is 2. The number of benzene rings is 1. The molecule has 1 heterocycles. The largest absolute Gasteiger partial charge is 0.295 e. The Kier molecular flexibility index (Phi) is 3.31. The van der Waals surface area contributed by atoms with Crippen molar-refractivity contribution in [2.45, 2.75) is 33.1 Å². The Labute approximate surface area is 114 Å². The van der Waals surface area contributed by atoms with Crippen molar-refractivity contribution in [3.05, 3.63) is 41.7 Å². The summed E-state index contributed by atoms with van der Waals surface area (Å²) in [7, 11) is 1.92. The molecule has 100 valence electrons. The number of carbonyl (C=O) groups excluding carboxylic acids is 1. The number of carbonyl (C=O) groups is 1. The molecule has 0 bridgehead atoms. The van der Waals surface area contributed by atoms with E-state index in [1.165, 1.54) is 0 Å². The quantitative estimate of drug-likeness (QED) is 0.770. The summed E-state index contributed by atoms with van der Waals surface area (Å²) in [6.45, 7) is 8.03. The molecule has 0 amide bonds. The number of Topliss-reactive ketones (excluding diaryl/α,β-unsaturated/α-hetero) is 1. The second-order valence-electron chi connectivity index (χ2n) is 5.95. The number of nitrogens with zero attached hydrogens (tertiary/aromatic N) is 2. The second kappa shape index (κ2) is 4.65. The molecule has 0 aliphatic heterocycles. The van der Waals surface area contributed by atoms with Gasteiger partial charge in [-0.2, -0.15) is 5.10 Å². The summed E-state index contributed by atoms with van der Waals surface area (Å²) in [6, 6.07) is 7.73. The zero-order valence-corrected chi connectivity index (χ0v) is 12.2. The zero-order chi connectivity index (χ0) is 14.2. The van der Waals surface area contributed by atoms with E-state index in [-0.39, 0.29) is 11.2 Å². The summed E-state index contributed by atoms with van der Waals surface area (Å²) in [6.07, 6.45) is 2.01. The van der Waals surface area contributed by atoms with Crippen molar-refractivity contribution >= 4 is 5.78 Å². The molecule has 2 rings (SSSR count). The highest BCUT2D eigenvalue weighted by Crippen LogP contribution is 2.32. The average molecular weight is 256 g/mol. The van der Waals surface area contributed by atoms with E-state index in [1.54, 1.807) is 6.92 Å². The lowest BCUT2D eigenvalue weighted by Gasteiger charge is -2.17. The van der Waals surface area contributed by atoms with Crippen molar-refractivity contribution in [1.29, 1.82) is 0 Å². The van der Waals surface area contributed by atoms with Crippen LogP contribution in [0.5, 0.6) is 0 Å². The molecule has 1 aromatic heterocycles. The molecular formula is C16H20N2O. The van der Waals surface area contributed by atoms with Crippen LogP contribution in [0.15, 0.2) is 30.5 Å². The first-order chi connectivity index (χ1) is 8.79. The third-order valence-corrected chi connectivity index (χ3v) is 3.12. The summed E-state index contributed by atoms with van der Waals surface area (Å²) in [5.74, 6) is 0.0862. The van der Waals surface area contributed by atoms with Crippen molar-refractivity contribution in [3.8, 4) is 11.1 Å². The normalized spacial score (nSPS) is 11.6. The van der Waals surface area contributed by atoms with Gasteiger partial charge < -0.3 is 0 Å². The van der Waals surface area contributed by atoms with Crippen LogP contribution in [0.2, 0.25) is 0 Å². The molecule has 0 radical (unpaired) electrons. The standard InChI is InChI=1S/C16H20N2O/c1-11(19)12-7-6-8-13(9-12)14-10-18(5)17-15(14)16(2,3)4/h6-10H,1-5H3. The number of hydrogen-bond donors (Lipinski definition) is 0. The van der Waals surface area contributed by atoms with Gasteiger partial charge in [-0.15, -0.1) is 0 Å². The minimum absolute atomic E-state index is 0.0250. The van der Waals surface area contributed by atoms with Crippen LogP contribution in [-0.4, -0.2) is 15.6 Å². The Morgan fingerprint density at radius 2 is 1.95 bits per heavy atom. The third-order valence-electron chi connectivity index (χ3n) is 3.12. The SMILES string of the molecule is CC(=O)c1cccc(-c2cn(C)nc2C(C)(C)C)c1. The summed E-state index contributed by atoms with van der Waals surface area (Å²) >= 11 is 0. The summed E-state index contributed by atoms with van der Waals surface area (Å²) in [5, 5.41) is 4.56. The number of ketones is 1. The van der Waals surface area contributed by atoms with E-state index in [9.17, 15) is 4.79 Å². The molecule has 0 aliphatic carbocycles. The van der Waals surface area contributed by atoms with Gasteiger partial charge in [0.1, 0.15) is 0 Å². The molecule has 0 atom stereocenters. The first-order valence-corrected chi connectivity index (χ1v) is 6.44. The molecule has 3 heteroatoms. The Morgan fingerprint density at radius 1 is 1.26 bits per heavy atom. The van der Waals surface area contributed by atoms with Crippen LogP contribution in [0.1, 0.15) is 43.7 Å². The smallest absolute Gasteiger partial charge is 0.159 e. The minimum Gasteiger partial charge on any atom is -0.295 e. The van der Waals surface area contributed by atoms with E-state index < -0.39 is 0 Å². The van der Waals surface area contributed by atoms with Gasteiger partial charge in [0.15, 0.2) is 5.78 Å². The molecule has 0 aliphatic rings. The van der Waals surface area contributed by atoms with E-state index in [1.807, 2.05) is 42.2 Å². The first kappa shape index (κ1) is 13.5. The first-order valence-electron chi connectivity index (χ1n) is 6.44. The number of hydrogen-bond acceptors (Lipinski definition) is 2. The molecule has 3 nitrogen and oxygen atoms in total. The Balaban J connectivity index is 2.59. The van der Waals surface area contributed by atoms with E-state index in [4.69, 9.17) is 0 Å². The highest BCUT2D eigenvalue weighted by molar-refractivity contribution is 5.95. The molecule has 1 aromatic carbocycles. The van der Waals surface area contributed by atoms with Gasteiger partial charge in [0, 0.05) is 29.8 Å². The number of aromatic nitrogens is 2. The van der Waals surface area contributed by atoms with E-state index in [0.29, 0.717) is 0 Å². The Bertz CT molecular complexity index is 618. The van der Waals surface area contributed by atoms with Crippen LogP contribution in [0.4, 0.5) is 0 Å². The highest BCUT2D eigenvalue weighted by atomic mass is 16.1. The molecule has 0 fully saturated rings. The monoisotopic (exact) mass is 256 g/mol. The molecule has 19 heavy (non-hydrogen) atoms. The topological polar surface area (TPSA) is 34.9 Å². The van der Waals surface area contributed by atoms with Crippen molar-refractivity contribution < 1.29 is 4.79 Å². The summed E-state index contributed by atoms with van der Waals surface area (Å²) in [5.41, 5.74) is 3.91. The average Bonchev–Trinajstić information content (AvgIpc) is 2.71. The van der Waals surface area contributed by atoms with Crippen LogP contribution >= 0.6 is 0 Å². The summed E-state index contributed by atoms with van der Waals surface area (Å²) < 4.78 is 1.83. The molecule has 0 spiro atoms. The lowest BCUT2D eigenvalue weighted by molar-refractivity contribution is 0.101. The van der Waals surface area contributed by atoms with Crippen molar-refractivity contribution in [2.24, 2.45) is 7.05 Å². The van der Waals surface area contributed by atoms with Gasteiger partial charge >= 0.3 is 0 Å². The van der Waals surface area contributed by atoms with Gasteiger partial charge in [0.25, 0.3) is 0 Å². The van der Waals surface area contributed by atoms with Gasteiger partial charge in [-0.1, -0.05) is 39.0 Å². The van der Waals surface area contributed by atoms with Crippen LogP contribution in [-0.2, 0) is 12.5 Å². The van der Waals surface area contributed by atoms with Crippen molar-refractivity contribution in [3.63, 3.8) is 0 Å². The van der Waals surface area contributed by atoms with Gasteiger partial charge in [0.05, 0.1) is 5.69 Å². The fraction of sp³-hybridized carbons (Fsp3) is 0.375. The molecule has 0 N–H and O–H groups in total. The van der Waals surface area contributed by atoms with Crippen LogP contribution in [0.3, 0.4) is 0 Å². The molecule has 0 saturated carbocycles. The third kappa shape index (κ3) is 2.75. The minimum atomic E-state index is -0.0250. The van der Waals surface area contributed by atoms with E-state index in [0.717, 1.165) is 22.4 Å². The van der Waals surface area contributed by atoms with Crippen molar-refractivity contribution in [1.82, 2.24) is 9.78 Å². The maximum Gasteiger partial charge on any atom is 0.159 e. The van der Waals surface area contributed by atoms with Crippen LogP contribution in [0, 0.1) is 0 Å². The van der Waals surface area contributed by atoms with E-state index in [2.05, 4.69) is 25.9 Å². The maximum absolute atomic E-state index is 11.5. The van der Waals surface area contributed by atoms with Gasteiger partial charge in [-0.25, -0.2) is 0 Å². The number of aryl methyl sites for hydroxylation is 1. The van der Waals surface area contributed by atoms with Crippen molar-refractivity contribution in [2.75, 3.05) is 0 Å². The fourth-order valence-electron chi connectivity index (χ4n) is 2.16. The maximum atomic E-state index is 11.5. The van der Waals surface area contributed by atoms with E-state index >= 15 is 0 Å². The lowest BCUT2D eigenvalue weighted by atomic mass is 9.87. The molecule has 2 aromatic rings. The summed E-state index contributed by atoms with van der Waals surface area (Å²) in [4.78, 5) is 11.5. The predicted octanol–water partition coefficient (Wildman–Crippen LogP) is 3.59. The highest BCUT2D eigenvalue weighted by Gasteiger charge is 2.22. The molecule has 0 saturated heterocycles.